The van der Waals surface area contributed by atoms with Gasteiger partial charge in [0.1, 0.15) is 17.7 Å². The monoisotopic (exact) mass is 544 g/mol. The zero-order valence-electron chi connectivity index (χ0n) is 22.7. The lowest BCUT2D eigenvalue weighted by Gasteiger charge is -2.35. The van der Waals surface area contributed by atoms with Crippen molar-refractivity contribution in [2.75, 3.05) is 31.1 Å². The van der Waals surface area contributed by atoms with Crippen LogP contribution < -0.4 is 20.3 Å². The van der Waals surface area contributed by atoms with Gasteiger partial charge in [0, 0.05) is 37.7 Å². The van der Waals surface area contributed by atoms with Crippen LogP contribution in [0.1, 0.15) is 68.5 Å². The molecular weight excluding hydrogens is 508 g/mol. The van der Waals surface area contributed by atoms with E-state index in [1.54, 1.807) is 9.80 Å². The van der Waals surface area contributed by atoms with Crippen LogP contribution in [0.2, 0.25) is 0 Å². The molecule has 4 bridgehead atoms. The fraction of sp³-hybridized carbons (Fsp3) is 0.484. The molecule has 3 aliphatic heterocycles. The van der Waals surface area contributed by atoms with Gasteiger partial charge >= 0.3 is 0 Å². The highest BCUT2D eigenvalue weighted by Crippen LogP contribution is 2.57. The Morgan fingerprint density at radius 2 is 1.85 bits per heavy atom. The molecule has 1 saturated heterocycles. The molecule has 3 heterocycles. The minimum atomic E-state index is -1.04. The number of ether oxygens (including phenoxy) is 1. The van der Waals surface area contributed by atoms with Crippen molar-refractivity contribution in [3.63, 3.8) is 0 Å². The van der Waals surface area contributed by atoms with Crippen LogP contribution in [0.25, 0.3) is 0 Å². The molecule has 2 fully saturated rings. The van der Waals surface area contributed by atoms with E-state index in [0.29, 0.717) is 44.0 Å². The Balaban J connectivity index is 1.36. The van der Waals surface area contributed by atoms with E-state index in [0.717, 1.165) is 36.8 Å². The third-order valence-electron chi connectivity index (χ3n) is 8.82. The van der Waals surface area contributed by atoms with Crippen molar-refractivity contribution in [2.24, 2.45) is 0 Å². The minimum Gasteiger partial charge on any atom is -0.494 e. The number of amides is 4. The number of carbonyl (C=O) groups excluding carboxylic acids is 4. The predicted molar refractivity (Wildman–Crippen MR) is 149 cm³/mol. The van der Waals surface area contributed by atoms with Crippen LogP contribution in [0, 0.1) is 0 Å². The molecule has 1 aliphatic carbocycles. The second-order valence-corrected chi connectivity index (χ2v) is 11.3. The highest BCUT2D eigenvalue weighted by molar-refractivity contribution is 6.12. The third-order valence-corrected chi connectivity index (χ3v) is 8.82. The van der Waals surface area contributed by atoms with Gasteiger partial charge in [-0.2, -0.15) is 0 Å². The number of anilines is 1. The molecule has 6 rings (SSSR count). The molecule has 1 spiro atoms. The molecular formula is C31H36N4O5. The summed E-state index contributed by atoms with van der Waals surface area (Å²) in [6, 6.07) is 14.8. The van der Waals surface area contributed by atoms with Crippen molar-refractivity contribution in [1.82, 2.24) is 15.5 Å². The minimum absolute atomic E-state index is 0.0727. The summed E-state index contributed by atoms with van der Waals surface area (Å²) in [5.41, 5.74) is 1.31. The Kier molecular flexibility index (Phi) is 7.21. The quantitative estimate of drug-likeness (QED) is 0.616. The van der Waals surface area contributed by atoms with E-state index < -0.39 is 11.5 Å². The fourth-order valence-electron chi connectivity index (χ4n) is 6.97. The summed E-state index contributed by atoms with van der Waals surface area (Å²) in [7, 11) is 0. The average Bonchev–Trinajstić information content (AvgIpc) is 3.67. The number of nitrogens with one attached hydrogen (secondary N) is 2. The summed E-state index contributed by atoms with van der Waals surface area (Å²) >= 11 is 0. The van der Waals surface area contributed by atoms with Crippen LogP contribution in [0.3, 0.4) is 0 Å². The molecule has 40 heavy (non-hydrogen) atoms. The molecule has 2 aromatic carbocycles. The zero-order chi connectivity index (χ0) is 27.7. The number of carbonyl (C=O) groups is 4. The van der Waals surface area contributed by atoms with E-state index in [9.17, 15) is 19.2 Å². The van der Waals surface area contributed by atoms with Crippen LogP contribution in [0.5, 0.6) is 5.75 Å². The Morgan fingerprint density at radius 3 is 2.70 bits per heavy atom. The van der Waals surface area contributed by atoms with Crippen LogP contribution in [0.15, 0.2) is 48.5 Å². The second-order valence-electron chi connectivity index (χ2n) is 11.3. The Bertz CT molecular complexity index is 1320. The number of hydrogen-bond acceptors (Lipinski definition) is 5. The Hall–Kier alpha value is -3.88. The van der Waals surface area contributed by atoms with Crippen LogP contribution in [0.4, 0.5) is 5.69 Å². The number of rotatable bonds is 4. The fourth-order valence-corrected chi connectivity index (χ4v) is 6.97. The van der Waals surface area contributed by atoms with Crippen LogP contribution in [-0.2, 0) is 24.6 Å². The maximum absolute atomic E-state index is 14.4. The molecule has 4 aliphatic rings. The zero-order valence-corrected chi connectivity index (χ0v) is 22.7. The maximum atomic E-state index is 14.4. The molecule has 0 unspecified atom stereocenters. The first-order chi connectivity index (χ1) is 19.5. The van der Waals surface area contributed by atoms with Gasteiger partial charge in [-0.05, 0) is 55.0 Å². The Morgan fingerprint density at radius 1 is 1.02 bits per heavy atom. The van der Waals surface area contributed by atoms with E-state index in [4.69, 9.17) is 4.74 Å². The van der Waals surface area contributed by atoms with Gasteiger partial charge in [0.25, 0.3) is 0 Å². The van der Waals surface area contributed by atoms with Crippen molar-refractivity contribution in [2.45, 2.75) is 68.9 Å². The first-order valence-electron chi connectivity index (χ1n) is 14.5. The smallest absolute Gasteiger partial charge is 0.240 e. The van der Waals surface area contributed by atoms with Gasteiger partial charge in [0.2, 0.25) is 23.6 Å². The molecule has 9 heteroatoms. The lowest BCUT2D eigenvalue weighted by atomic mass is 9.72. The Labute approximate surface area is 234 Å². The van der Waals surface area contributed by atoms with E-state index >= 15 is 0 Å². The lowest BCUT2D eigenvalue weighted by Crippen LogP contribution is -2.48. The number of hydrogen-bond donors (Lipinski definition) is 2. The van der Waals surface area contributed by atoms with E-state index in [1.807, 2.05) is 48.5 Å². The van der Waals surface area contributed by atoms with Crippen molar-refractivity contribution in [3.05, 3.63) is 59.7 Å². The average molecular weight is 545 g/mol. The van der Waals surface area contributed by atoms with Crippen LogP contribution >= 0.6 is 0 Å². The third kappa shape index (κ3) is 4.71. The van der Waals surface area contributed by atoms with Gasteiger partial charge in [-0.15, -0.1) is 0 Å². The SMILES string of the molecule is O=C1CN2C(=O)[C@]3(CCN(C(=O)CCC(=O)NC4CCCC4)[C@H]3c3cccc(c3)OCCCN1)c1ccccc12. The standard InChI is InChI=1S/C31H36N4O5/c36-26(33-22-8-1-2-9-22)13-14-28(38)34-17-15-31-24-11-3-4-12-25(24)35(30(31)39)20-27(37)32-16-6-18-40-23-10-5-7-21(19-23)29(31)34/h3-5,7,10-12,19,22,29H,1-2,6,8-9,13-18,20H2,(H,32,37)(H,33,36)/t29-,31+/m0/s1. The summed E-state index contributed by atoms with van der Waals surface area (Å²) in [5.74, 6) is -0.00712. The summed E-state index contributed by atoms with van der Waals surface area (Å²) in [6.45, 7) is 1.17. The highest BCUT2D eigenvalue weighted by atomic mass is 16.5. The summed E-state index contributed by atoms with van der Waals surface area (Å²) < 4.78 is 5.98. The first kappa shape index (κ1) is 26.3. The lowest BCUT2D eigenvalue weighted by molar-refractivity contribution is -0.136. The normalized spacial score (nSPS) is 24.6. The van der Waals surface area contributed by atoms with Crippen molar-refractivity contribution in [3.8, 4) is 5.75 Å². The summed E-state index contributed by atoms with van der Waals surface area (Å²) in [6.07, 6.45) is 5.47. The van der Waals surface area contributed by atoms with Crippen LogP contribution in [-0.4, -0.2) is 60.8 Å². The van der Waals surface area contributed by atoms with E-state index in [2.05, 4.69) is 10.6 Å². The van der Waals surface area contributed by atoms with E-state index in [-0.39, 0.29) is 49.1 Å². The number of para-hydroxylation sites is 1. The number of benzene rings is 2. The van der Waals surface area contributed by atoms with Gasteiger partial charge in [-0.3, -0.25) is 19.2 Å². The second kappa shape index (κ2) is 10.9. The molecule has 9 nitrogen and oxygen atoms in total. The summed E-state index contributed by atoms with van der Waals surface area (Å²) in [5, 5.41) is 5.97. The van der Waals surface area contributed by atoms with Gasteiger partial charge < -0.3 is 25.2 Å². The van der Waals surface area contributed by atoms with Gasteiger partial charge in [0.05, 0.1) is 12.6 Å². The molecule has 2 atom stereocenters. The van der Waals surface area contributed by atoms with Gasteiger partial charge in [-0.25, -0.2) is 0 Å². The maximum Gasteiger partial charge on any atom is 0.240 e. The molecule has 1 saturated carbocycles. The predicted octanol–water partition coefficient (Wildman–Crippen LogP) is 2.98. The molecule has 0 radical (unpaired) electrons. The van der Waals surface area contributed by atoms with Gasteiger partial charge in [0.15, 0.2) is 0 Å². The number of nitrogens with zero attached hydrogens (tertiary/aromatic N) is 2. The number of fused-ring (bicyclic) bond motifs is 6. The summed E-state index contributed by atoms with van der Waals surface area (Å²) in [4.78, 5) is 57.0. The topological polar surface area (TPSA) is 108 Å². The van der Waals surface area contributed by atoms with E-state index in [1.165, 1.54) is 0 Å². The molecule has 210 valence electrons. The van der Waals surface area contributed by atoms with Crippen molar-refractivity contribution >= 4 is 29.3 Å². The largest absolute Gasteiger partial charge is 0.494 e. The number of likely N-dealkylation sites (tertiary alicyclic amines) is 1. The molecule has 2 N–H and O–H groups in total. The highest BCUT2D eigenvalue weighted by Gasteiger charge is 2.61. The van der Waals surface area contributed by atoms with Crippen molar-refractivity contribution < 1.29 is 23.9 Å². The van der Waals surface area contributed by atoms with Crippen molar-refractivity contribution in [1.29, 1.82) is 0 Å². The molecule has 0 aromatic heterocycles. The molecule has 2 aromatic rings. The van der Waals surface area contributed by atoms with Gasteiger partial charge in [-0.1, -0.05) is 43.2 Å². The first-order valence-corrected chi connectivity index (χ1v) is 14.5. The molecule has 4 amide bonds.